The molecule has 2 aliphatic rings. The number of carbonyl (C=O) groups excluding carboxylic acids is 2. The number of rotatable bonds is 5. The second-order valence-electron chi connectivity index (χ2n) is 13.0. The molecule has 39 heavy (non-hydrogen) atoms. The summed E-state index contributed by atoms with van der Waals surface area (Å²) < 4.78 is 7.06. The summed E-state index contributed by atoms with van der Waals surface area (Å²) in [7, 11) is 0. The Morgan fingerprint density at radius 3 is 2.56 bits per heavy atom. The Balaban J connectivity index is 1.34. The number of carbonyl (C=O) groups is 2. The van der Waals surface area contributed by atoms with Gasteiger partial charge in [-0.15, -0.1) is 0 Å². The molecular formula is C29H39IN6O3. The van der Waals surface area contributed by atoms with Crippen LogP contribution in [0, 0.1) is 3.57 Å². The molecule has 2 aromatic heterocycles. The number of piperidine rings is 1. The molecule has 0 spiro atoms. The minimum absolute atomic E-state index is 0.0660. The lowest BCUT2D eigenvalue weighted by atomic mass is 9.79. The maximum Gasteiger partial charge on any atom is 0.244 e. The number of aromatic amines is 1. The van der Waals surface area contributed by atoms with E-state index in [4.69, 9.17) is 4.74 Å². The lowest BCUT2D eigenvalue weighted by Gasteiger charge is -2.47. The average Bonchev–Trinajstić information content (AvgIpc) is 3.15. The van der Waals surface area contributed by atoms with Crippen molar-refractivity contribution in [2.45, 2.75) is 83.1 Å². The molecule has 1 aromatic carbocycles. The summed E-state index contributed by atoms with van der Waals surface area (Å²) >= 11 is 2.27. The third kappa shape index (κ3) is 6.39. The molecule has 0 aliphatic carbocycles. The van der Waals surface area contributed by atoms with Crippen LogP contribution in [0.25, 0.3) is 21.8 Å². The smallest absolute Gasteiger partial charge is 0.244 e. The highest BCUT2D eigenvalue weighted by molar-refractivity contribution is 14.1. The first kappa shape index (κ1) is 28.3. The van der Waals surface area contributed by atoms with Gasteiger partial charge < -0.3 is 25.7 Å². The molecule has 0 radical (unpaired) electrons. The molecule has 5 rings (SSSR count). The van der Waals surface area contributed by atoms with Crippen molar-refractivity contribution in [1.82, 2.24) is 25.5 Å². The molecule has 2 fully saturated rings. The summed E-state index contributed by atoms with van der Waals surface area (Å²) in [6.45, 7) is 13.5. The van der Waals surface area contributed by atoms with Crippen molar-refractivity contribution < 1.29 is 14.3 Å². The fraction of sp³-hybridized carbons (Fsp3) is 0.552. The summed E-state index contributed by atoms with van der Waals surface area (Å²) in [4.78, 5) is 36.6. The first-order valence-electron chi connectivity index (χ1n) is 13.5. The molecule has 1 atom stereocenters. The Labute approximate surface area is 243 Å². The zero-order chi connectivity index (χ0) is 28.2. The minimum atomic E-state index is -0.594. The lowest BCUT2D eigenvalue weighted by molar-refractivity contribution is -0.147. The van der Waals surface area contributed by atoms with Crippen molar-refractivity contribution in [1.29, 1.82) is 0 Å². The van der Waals surface area contributed by atoms with Gasteiger partial charge in [-0.3, -0.25) is 19.5 Å². The number of benzene rings is 1. The van der Waals surface area contributed by atoms with E-state index in [1.165, 1.54) is 0 Å². The van der Waals surface area contributed by atoms with Crippen molar-refractivity contribution in [2.75, 3.05) is 25.0 Å². The van der Waals surface area contributed by atoms with Crippen LogP contribution in [0.2, 0.25) is 0 Å². The van der Waals surface area contributed by atoms with Gasteiger partial charge in [0.05, 0.1) is 41.7 Å². The van der Waals surface area contributed by atoms with Gasteiger partial charge in [0.15, 0.2) is 0 Å². The number of H-pyrrole nitrogens is 1. The van der Waals surface area contributed by atoms with Crippen molar-refractivity contribution >= 4 is 61.9 Å². The summed E-state index contributed by atoms with van der Waals surface area (Å²) in [6, 6.07) is 5.49. The summed E-state index contributed by atoms with van der Waals surface area (Å²) in [5.74, 6) is -0.258. The van der Waals surface area contributed by atoms with E-state index in [1.54, 1.807) is 12.4 Å². The van der Waals surface area contributed by atoms with E-state index in [2.05, 4.69) is 82.3 Å². The molecule has 10 heteroatoms. The Bertz CT molecular complexity index is 1400. The first-order chi connectivity index (χ1) is 18.2. The van der Waals surface area contributed by atoms with Crippen LogP contribution in [0.4, 0.5) is 5.69 Å². The molecule has 2 amide bonds. The van der Waals surface area contributed by atoms with E-state index < -0.39 is 11.6 Å². The molecule has 2 aliphatic heterocycles. The van der Waals surface area contributed by atoms with Crippen LogP contribution in [0.1, 0.15) is 54.4 Å². The van der Waals surface area contributed by atoms with Gasteiger partial charge in [0.2, 0.25) is 11.8 Å². The predicted octanol–water partition coefficient (Wildman–Crippen LogP) is 4.16. The van der Waals surface area contributed by atoms with Gasteiger partial charge in [0.25, 0.3) is 0 Å². The van der Waals surface area contributed by atoms with Crippen LogP contribution < -0.4 is 16.0 Å². The van der Waals surface area contributed by atoms with Crippen LogP contribution in [0.3, 0.4) is 0 Å². The molecule has 9 nitrogen and oxygen atoms in total. The number of morpholine rings is 1. The average molecular weight is 647 g/mol. The summed E-state index contributed by atoms with van der Waals surface area (Å²) in [6.07, 6.45) is 5.26. The SMILES string of the molecule is CC1(C)CC(NC(=O)CN2CC(C)(C)OC[C@H]2C(=O)Nc2cc(I)cc3c2[nH]c2cnccc23)CC(C)(C)N1. The monoisotopic (exact) mass is 646 g/mol. The van der Waals surface area contributed by atoms with Crippen LogP contribution in [0.15, 0.2) is 30.6 Å². The zero-order valence-corrected chi connectivity index (χ0v) is 25.7. The Kier molecular flexibility index (Phi) is 7.45. The molecule has 3 aromatic rings. The van der Waals surface area contributed by atoms with E-state index >= 15 is 0 Å². The largest absolute Gasteiger partial charge is 0.372 e. The standard InChI is InChI=1S/C29H39IN6O3/c1-27(2)11-18(12-28(3,4)35-27)32-24(37)14-36-16-29(5,6)39-15-23(36)26(38)34-21-10-17(30)9-20-19-7-8-31-13-22(19)33-25(20)21/h7-10,13,18,23,33,35H,11-12,14-16H2,1-6H3,(H,32,37)(H,34,38)/t23-/m0/s1. The predicted molar refractivity (Wildman–Crippen MR) is 163 cm³/mol. The molecule has 0 unspecified atom stereocenters. The highest BCUT2D eigenvalue weighted by Crippen LogP contribution is 2.33. The van der Waals surface area contributed by atoms with Gasteiger partial charge in [0, 0.05) is 44.2 Å². The normalized spacial score (nSPS) is 23.1. The number of hydrogen-bond acceptors (Lipinski definition) is 6. The number of anilines is 1. The number of nitrogens with zero attached hydrogens (tertiary/aromatic N) is 2. The van der Waals surface area contributed by atoms with Crippen LogP contribution in [-0.2, 0) is 14.3 Å². The zero-order valence-electron chi connectivity index (χ0n) is 23.6. The molecular weight excluding hydrogens is 607 g/mol. The molecule has 0 saturated carbocycles. The topological polar surface area (TPSA) is 111 Å². The van der Waals surface area contributed by atoms with E-state index in [0.29, 0.717) is 12.2 Å². The van der Waals surface area contributed by atoms with E-state index in [-0.39, 0.29) is 42.1 Å². The second-order valence-corrected chi connectivity index (χ2v) is 14.2. The van der Waals surface area contributed by atoms with Gasteiger partial charge in [-0.2, -0.15) is 0 Å². The number of amides is 2. The van der Waals surface area contributed by atoms with Gasteiger partial charge in [-0.25, -0.2) is 0 Å². The number of ether oxygens (including phenoxy) is 1. The highest BCUT2D eigenvalue weighted by atomic mass is 127. The van der Waals surface area contributed by atoms with Crippen LogP contribution in [-0.4, -0.2) is 75.1 Å². The number of fused-ring (bicyclic) bond motifs is 3. The van der Waals surface area contributed by atoms with E-state index in [1.807, 2.05) is 30.9 Å². The summed E-state index contributed by atoms with van der Waals surface area (Å²) in [5, 5.41) is 12.1. The molecule has 0 bridgehead atoms. The van der Waals surface area contributed by atoms with Crippen molar-refractivity contribution in [2.24, 2.45) is 0 Å². The fourth-order valence-electron chi connectivity index (χ4n) is 6.48. The number of nitrogens with one attached hydrogen (secondary N) is 4. The van der Waals surface area contributed by atoms with Crippen molar-refractivity contribution in [3.05, 3.63) is 34.2 Å². The maximum absolute atomic E-state index is 13.7. The van der Waals surface area contributed by atoms with Gasteiger partial charge in [0.1, 0.15) is 6.04 Å². The quantitative estimate of drug-likeness (QED) is 0.310. The van der Waals surface area contributed by atoms with Gasteiger partial charge in [-0.05, 0) is 95.2 Å². The Morgan fingerprint density at radius 1 is 1.13 bits per heavy atom. The van der Waals surface area contributed by atoms with Crippen molar-refractivity contribution in [3.63, 3.8) is 0 Å². The Morgan fingerprint density at radius 2 is 1.85 bits per heavy atom. The number of aromatic nitrogens is 2. The maximum atomic E-state index is 13.7. The third-order valence-corrected chi connectivity index (χ3v) is 8.22. The lowest BCUT2D eigenvalue weighted by Crippen LogP contribution is -2.63. The molecule has 210 valence electrons. The third-order valence-electron chi connectivity index (χ3n) is 7.59. The van der Waals surface area contributed by atoms with Crippen LogP contribution in [0.5, 0.6) is 0 Å². The van der Waals surface area contributed by atoms with Crippen molar-refractivity contribution in [3.8, 4) is 0 Å². The van der Waals surface area contributed by atoms with E-state index in [0.717, 1.165) is 38.2 Å². The second kappa shape index (κ2) is 10.3. The van der Waals surface area contributed by atoms with E-state index in [9.17, 15) is 9.59 Å². The Hall–Kier alpha value is -2.28. The fourth-order valence-corrected chi connectivity index (χ4v) is 7.10. The molecule has 4 heterocycles. The highest BCUT2D eigenvalue weighted by Gasteiger charge is 2.41. The molecule has 4 N–H and O–H groups in total. The van der Waals surface area contributed by atoms with Gasteiger partial charge >= 0.3 is 0 Å². The molecule has 2 saturated heterocycles. The van der Waals surface area contributed by atoms with Gasteiger partial charge in [-0.1, -0.05) is 0 Å². The number of halogens is 1. The number of pyridine rings is 1. The summed E-state index contributed by atoms with van der Waals surface area (Å²) in [5.41, 5.74) is 1.86. The minimum Gasteiger partial charge on any atom is -0.372 e. The first-order valence-corrected chi connectivity index (χ1v) is 14.6. The number of hydrogen-bond donors (Lipinski definition) is 4. The van der Waals surface area contributed by atoms with Crippen LogP contribution >= 0.6 is 22.6 Å².